The first-order valence-corrected chi connectivity index (χ1v) is 3.73. The van der Waals surface area contributed by atoms with E-state index < -0.39 is 12.0 Å². The second-order valence-corrected chi connectivity index (χ2v) is 2.60. The van der Waals surface area contributed by atoms with Gasteiger partial charge in [-0.25, -0.2) is 0 Å². The number of nitrogens with two attached hydrogens (primary N) is 1. The summed E-state index contributed by atoms with van der Waals surface area (Å²) in [4.78, 5) is 14.8. The first-order valence-electron chi connectivity index (χ1n) is 3.73. The van der Waals surface area contributed by atoms with E-state index in [2.05, 4.69) is 20.5 Å². The van der Waals surface area contributed by atoms with E-state index in [0.29, 0.717) is 0 Å². The van der Waals surface area contributed by atoms with Gasteiger partial charge in [-0.2, -0.15) is 4.98 Å². The van der Waals surface area contributed by atoms with Crippen molar-refractivity contribution in [3.05, 3.63) is 5.82 Å². The maximum absolute atomic E-state index is 11.2. The fraction of sp³-hybridized carbons (Fsp3) is 0.500. The van der Waals surface area contributed by atoms with Gasteiger partial charge in [-0.3, -0.25) is 9.89 Å². The summed E-state index contributed by atoms with van der Waals surface area (Å²) in [5.74, 6) is -0.384. The molecule has 7 heteroatoms. The standard InChI is InChI=1S/C6H11N5O2/c1-3(12)2-8-5(13)4-9-6(7)11-10-4/h3,12H,2H2,1H3,(H,8,13)(H3,7,9,10,11). The highest BCUT2D eigenvalue weighted by atomic mass is 16.3. The second kappa shape index (κ2) is 3.85. The first kappa shape index (κ1) is 9.46. The number of nitrogens with zero attached hydrogens (tertiary/aromatic N) is 2. The molecule has 1 aromatic rings. The molecule has 0 radical (unpaired) electrons. The third-order valence-corrected chi connectivity index (χ3v) is 1.28. The number of anilines is 1. The van der Waals surface area contributed by atoms with Crippen LogP contribution < -0.4 is 11.1 Å². The average molecular weight is 185 g/mol. The number of carbonyl (C=O) groups excluding carboxylic acids is 1. The molecular formula is C6H11N5O2. The topological polar surface area (TPSA) is 117 Å². The Hall–Kier alpha value is -1.63. The van der Waals surface area contributed by atoms with Crippen LogP contribution in [0.25, 0.3) is 0 Å². The molecule has 72 valence electrons. The van der Waals surface area contributed by atoms with E-state index in [1.807, 2.05) is 0 Å². The molecule has 0 aromatic carbocycles. The highest BCUT2D eigenvalue weighted by Gasteiger charge is 2.10. The molecule has 0 aliphatic carbocycles. The van der Waals surface area contributed by atoms with Gasteiger partial charge in [-0.1, -0.05) is 0 Å². The Morgan fingerprint density at radius 1 is 1.85 bits per heavy atom. The zero-order valence-corrected chi connectivity index (χ0v) is 7.11. The Labute approximate surface area is 74.4 Å². The van der Waals surface area contributed by atoms with Gasteiger partial charge in [0.1, 0.15) is 0 Å². The number of hydrogen-bond donors (Lipinski definition) is 4. The molecule has 1 unspecified atom stereocenters. The van der Waals surface area contributed by atoms with Crippen LogP contribution in [0.2, 0.25) is 0 Å². The maximum atomic E-state index is 11.2. The van der Waals surface area contributed by atoms with Crippen LogP contribution in [0.3, 0.4) is 0 Å². The predicted molar refractivity (Wildman–Crippen MR) is 44.8 cm³/mol. The molecule has 0 saturated heterocycles. The van der Waals surface area contributed by atoms with Crippen molar-refractivity contribution < 1.29 is 9.90 Å². The van der Waals surface area contributed by atoms with Crippen molar-refractivity contribution in [1.82, 2.24) is 20.5 Å². The number of aliphatic hydroxyl groups excluding tert-OH is 1. The van der Waals surface area contributed by atoms with Gasteiger partial charge in [0.25, 0.3) is 5.91 Å². The molecular weight excluding hydrogens is 174 g/mol. The number of nitrogens with one attached hydrogen (secondary N) is 2. The number of aliphatic hydroxyl groups is 1. The molecule has 1 rings (SSSR count). The molecule has 1 amide bonds. The van der Waals surface area contributed by atoms with Crippen LogP contribution in [-0.2, 0) is 0 Å². The molecule has 0 fully saturated rings. The van der Waals surface area contributed by atoms with Gasteiger partial charge >= 0.3 is 0 Å². The molecule has 0 spiro atoms. The third-order valence-electron chi connectivity index (χ3n) is 1.28. The summed E-state index contributed by atoms with van der Waals surface area (Å²) in [6.07, 6.45) is -0.593. The van der Waals surface area contributed by atoms with Crippen molar-refractivity contribution in [3.63, 3.8) is 0 Å². The SMILES string of the molecule is CC(O)CNC(=O)c1nc(N)n[nH]1. The lowest BCUT2D eigenvalue weighted by molar-refractivity contribution is 0.0914. The Kier molecular flexibility index (Phi) is 2.80. The number of hydrogen-bond acceptors (Lipinski definition) is 5. The van der Waals surface area contributed by atoms with Crippen LogP contribution in [0.5, 0.6) is 0 Å². The van der Waals surface area contributed by atoms with Crippen LogP contribution in [0, 0.1) is 0 Å². The monoisotopic (exact) mass is 185 g/mol. The van der Waals surface area contributed by atoms with Crippen LogP contribution in [0.1, 0.15) is 17.5 Å². The number of H-pyrrole nitrogens is 1. The number of rotatable bonds is 3. The van der Waals surface area contributed by atoms with Gasteiger partial charge < -0.3 is 16.2 Å². The lowest BCUT2D eigenvalue weighted by Crippen LogP contribution is -2.31. The van der Waals surface area contributed by atoms with Crippen LogP contribution in [0.4, 0.5) is 5.95 Å². The summed E-state index contributed by atoms with van der Waals surface area (Å²) in [5.41, 5.74) is 5.19. The van der Waals surface area contributed by atoms with Crippen molar-refractivity contribution in [1.29, 1.82) is 0 Å². The predicted octanol–water partition coefficient (Wildman–Crippen LogP) is -1.50. The lowest BCUT2D eigenvalue weighted by atomic mass is 10.4. The largest absolute Gasteiger partial charge is 0.392 e. The summed E-state index contributed by atoms with van der Waals surface area (Å²) >= 11 is 0. The van der Waals surface area contributed by atoms with E-state index in [1.54, 1.807) is 6.92 Å². The van der Waals surface area contributed by atoms with E-state index in [-0.39, 0.29) is 18.3 Å². The molecule has 0 aliphatic heterocycles. The molecule has 1 atom stereocenters. The van der Waals surface area contributed by atoms with Crippen molar-refractivity contribution in [2.24, 2.45) is 0 Å². The Balaban J connectivity index is 2.49. The number of carbonyl (C=O) groups is 1. The van der Waals surface area contributed by atoms with Crippen molar-refractivity contribution in [2.75, 3.05) is 12.3 Å². The Morgan fingerprint density at radius 3 is 3.00 bits per heavy atom. The fourth-order valence-corrected chi connectivity index (χ4v) is 0.700. The zero-order chi connectivity index (χ0) is 9.84. The molecule has 7 nitrogen and oxygen atoms in total. The first-order chi connectivity index (χ1) is 6.09. The third kappa shape index (κ3) is 2.71. The lowest BCUT2D eigenvalue weighted by Gasteiger charge is -2.03. The van der Waals surface area contributed by atoms with Gasteiger partial charge in [-0.05, 0) is 6.92 Å². The van der Waals surface area contributed by atoms with E-state index in [4.69, 9.17) is 10.8 Å². The summed E-state index contributed by atoms with van der Waals surface area (Å²) in [6, 6.07) is 0. The van der Waals surface area contributed by atoms with Crippen molar-refractivity contribution in [3.8, 4) is 0 Å². The van der Waals surface area contributed by atoms with E-state index in [9.17, 15) is 4.79 Å². The molecule has 0 saturated carbocycles. The van der Waals surface area contributed by atoms with Crippen molar-refractivity contribution in [2.45, 2.75) is 13.0 Å². The summed E-state index contributed by atoms with van der Waals surface area (Å²) in [7, 11) is 0. The van der Waals surface area contributed by atoms with Crippen LogP contribution in [-0.4, -0.2) is 38.8 Å². The van der Waals surface area contributed by atoms with Crippen LogP contribution >= 0.6 is 0 Å². The quantitative estimate of drug-likeness (QED) is 0.457. The van der Waals surface area contributed by atoms with Gasteiger partial charge in [0.2, 0.25) is 11.8 Å². The van der Waals surface area contributed by atoms with Gasteiger partial charge in [0.05, 0.1) is 6.10 Å². The Morgan fingerprint density at radius 2 is 2.54 bits per heavy atom. The number of aromatic amines is 1. The Bertz CT molecular complexity index is 295. The minimum atomic E-state index is -0.593. The van der Waals surface area contributed by atoms with E-state index in [1.165, 1.54) is 0 Å². The summed E-state index contributed by atoms with van der Waals surface area (Å²) in [5, 5.41) is 17.1. The molecule has 1 heterocycles. The number of aromatic nitrogens is 3. The van der Waals surface area contributed by atoms with Gasteiger partial charge in [0, 0.05) is 6.54 Å². The number of nitrogen functional groups attached to an aromatic ring is 1. The van der Waals surface area contributed by atoms with E-state index >= 15 is 0 Å². The average Bonchev–Trinajstić information content (AvgIpc) is 2.47. The van der Waals surface area contributed by atoms with Gasteiger partial charge in [-0.15, -0.1) is 5.10 Å². The zero-order valence-electron chi connectivity index (χ0n) is 7.11. The molecule has 13 heavy (non-hydrogen) atoms. The molecule has 5 N–H and O–H groups in total. The molecule has 1 aromatic heterocycles. The number of amides is 1. The fourth-order valence-electron chi connectivity index (χ4n) is 0.700. The minimum Gasteiger partial charge on any atom is -0.392 e. The molecule has 0 bridgehead atoms. The summed E-state index contributed by atoms with van der Waals surface area (Å²) in [6.45, 7) is 1.73. The minimum absolute atomic E-state index is 0.0159. The smallest absolute Gasteiger partial charge is 0.288 e. The normalized spacial score (nSPS) is 12.5. The highest BCUT2D eigenvalue weighted by molar-refractivity contribution is 5.90. The molecule has 0 aliphatic rings. The van der Waals surface area contributed by atoms with Gasteiger partial charge in [0.15, 0.2) is 0 Å². The highest BCUT2D eigenvalue weighted by Crippen LogP contribution is 1.92. The van der Waals surface area contributed by atoms with E-state index in [0.717, 1.165) is 0 Å². The van der Waals surface area contributed by atoms with Crippen LogP contribution in [0.15, 0.2) is 0 Å². The van der Waals surface area contributed by atoms with Crippen molar-refractivity contribution >= 4 is 11.9 Å². The maximum Gasteiger partial charge on any atom is 0.288 e. The second-order valence-electron chi connectivity index (χ2n) is 2.60. The summed E-state index contributed by atoms with van der Waals surface area (Å²) < 4.78 is 0.